The van der Waals surface area contributed by atoms with Gasteiger partial charge in [0.2, 0.25) is 0 Å². The molecule has 0 fully saturated rings. The van der Waals surface area contributed by atoms with Gasteiger partial charge < -0.3 is 10.5 Å². The Morgan fingerprint density at radius 2 is 2.27 bits per heavy atom. The highest BCUT2D eigenvalue weighted by atomic mass is 35.5. The molecule has 0 aliphatic rings. The maximum absolute atomic E-state index is 6.06. The highest BCUT2D eigenvalue weighted by molar-refractivity contribution is 6.31. The third-order valence-corrected chi connectivity index (χ3v) is 3.06. The van der Waals surface area contributed by atoms with E-state index in [4.69, 9.17) is 22.1 Å². The normalized spacial score (nSPS) is 13.9. The Kier molecular flexibility index (Phi) is 4.08. The quantitative estimate of drug-likeness (QED) is 0.858. The second kappa shape index (κ2) is 4.92. The van der Waals surface area contributed by atoms with Crippen LogP contribution in [0.2, 0.25) is 5.02 Å². The summed E-state index contributed by atoms with van der Waals surface area (Å²) >= 11 is 6.00. The van der Waals surface area contributed by atoms with Crippen molar-refractivity contribution in [3.63, 3.8) is 0 Å². The third kappa shape index (κ3) is 3.16. The SMILES string of the molecule is COC(C)(C)C(N)Cc1ccncc1Cl. The summed E-state index contributed by atoms with van der Waals surface area (Å²) in [6, 6.07) is 1.79. The fourth-order valence-corrected chi connectivity index (χ4v) is 1.40. The van der Waals surface area contributed by atoms with Gasteiger partial charge in [0, 0.05) is 25.5 Å². The van der Waals surface area contributed by atoms with Crippen molar-refractivity contribution >= 4 is 11.6 Å². The summed E-state index contributed by atoms with van der Waals surface area (Å²) in [4.78, 5) is 3.93. The molecule has 2 N–H and O–H groups in total. The number of hydrogen-bond donors (Lipinski definition) is 1. The van der Waals surface area contributed by atoms with Gasteiger partial charge in [-0.15, -0.1) is 0 Å². The Bertz CT molecular complexity index is 328. The molecule has 0 bridgehead atoms. The molecule has 0 amide bonds. The summed E-state index contributed by atoms with van der Waals surface area (Å²) in [5.74, 6) is 0. The molecule has 0 aliphatic carbocycles. The number of ether oxygens (including phenoxy) is 1. The van der Waals surface area contributed by atoms with E-state index in [2.05, 4.69) is 4.98 Å². The molecule has 0 aromatic carbocycles. The topological polar surface area (TPSA) is 48.1 Å². The first-order valence-corrected chi connectivity index (χ1v) is 5.24. The van der Waals surface area contributed by atoms with Crippen LogP contribution in [-0.4, -0.2) is 23.7 Å². The van der Waals surface area contributed by atoms with Crippen molar-refractivity contribution in [1.29, 1.82) is 0 Å². The molecule has 0 saturated carbocycles. The fourth-order valence-electron chi connectivity index (χ4n) is 1.20. The lowest BCUT2D eigenvalue weighted by Crippen LogP contribution is -2.46. The first kappa shape index (κ1) is 12.4. The molecule has 1 heterocycles. The summed E-state index contributed by atoms with van der Waals surface area (Å²) < 4.78 is 5.33. The van der Waals surface area contributed by atoms with Crippen LogP contribution < -0.4 is 5.73 Å². The minimum Gasteiger partial charge on any atom is -0.377 e. The van der Waals surface area contributed by atoms with E-state index in [1.54, 1.807) is 19.5 Å². The molecule has 84 valence electrons. The number of hydrogen-bond acceptors (Lipinski definition) is 3. The molecule has 0 radical (unpaired) electrons. The number of aromatic nitrogens is 1. The van der Waals surface area contributed by atoms with Crippen LogP contribution in [0.5, 0.6) is 0 Å². The van der Waals surface area contributed by atoms with Crippen molar-refractivity contribution in [1.82, 2.24) is 4.98 Å². The average molecular weight is 229 g/mol. The van der Waals surface area contributed by atoms with E-state index in [0.29, 0.717) is 11.4 Å². The standard InChI is InChI=1S/C11H17ClN2O/c1-11(2,15-3)10(13)6-8-4-5-14-7-9(8)12/h4-5,7,10H,6,13H2,1-3H3. The second-order valence-corrected chi connectivity index (χ2v) is 4.49. The fraction of sp³-hybridized carbons (Fsp3) is 0.545. The van der Waals surface area contributed by atoms with Gasteiger partial charge in [-0.25, -0.2) is 0 Å². The zero-order chi connectivity index (χ0) is 11.5. The van der Waals surface area contributed by atoms with Crippen molar-refractivity contribution in [2.45, 2.75) is 31.9 Å². The van der Waals surface area contributed by atoms with E-state index >= 15 is 0 Å². The van der Waals surface area contributed by atoms with Crippen LogP contribution in [0, 0.1) is 0 Å². The van der Waals surface area contributed by atoms with E-state index in [9.17, 15) is 0 Å². The van der Waals surface area contributed by atoms with Crippen LogP contribution in [0.25, 0.3) is 0 Å². The maximum Gasteiger partial charge on any atom is 0.0776 e. The number of nitrogens with two attached hydrogens (primary N) is 1. The van der Waals surface area contributed by atoms with E-state index in [1.807, 2.05) is 19.9 Å². The lowest BCUT2D eigenvalue weighted by atomic mass is 9.93. The molecular formula is C11H17ClN2O. The van der Waals surface area contributed by atoms with Gasteiger partial charge >= 0.3 is 0 Å². The van der Waals surface area contributed by atoms with Gasteiger partial charge in [-0.05, 0) is 31.9 Å². The summed E-state index contributed by atoms with van der Waals surface area (Å²) in [6.45, 7) is 3.93. The predicted octanol–water partition coefficient (Wildman–Crippen LogP) is 2.03. The van der Waals surface area contributed by atoms with Crippen LogP contribution in [0.3, 0.4) is 0 Å². The molecule has 15 heavy (non-hydrogen) atoms. The molecule has 1 rings (SSSR count). The van der Waals surface area contributed by atoms with Crippen LogP contribution in [-0.2, 0) is 11.2 Å². The molecule has 3 nitrogen and oxygen atoms in total. The molecule has 0 spiro atoms. The van der Waals surface area contributed by atoms with Gasteiger partial charge in [-0.1, -0.05) is 11.6 Å². The van der Waals surface area contributed by atoms with Crippen LogP contribution in [0.4, 0.5) is 0 Å². The summed E-state index contributed by atoms with van der Waals surface area (Å²) in [7, 11) is 1.66. The van der Waals surface area contributed by atoms with E-state index in [1.165, 1.54) is 0 Å². The van der Waals surface area contributed by atoms with Crippen molar-refractivity contribution in [3.05, 3.63) is 29.0 Å². The van der Waals surface area contributed by atoms with Gasteiger partial charge in [0.25, 0.3) is 0 Å². The van der Waals surface area contributed by atoms with Gasteiger partial charge in [-0.3, -0.25) is 4.98 Å². The lowest BCUT2D eigenvalue weighted by molar-refractivity contribution is 0.000808. The Morgan fingerprint density at radius 1 is 1.60 bits per heavy atom. The molecule has 1 unspecified atom stereocenters. The highest BCUT2D eigenvalue weighted by Crippen LogP contribution is 2.20. The van der Waals surface area contributed by atoms with Gasteiger partial charge in [0.1, 0.15) is 0 Å². The van der Waals surface area contributed by atoms with Gasteiger partial charge in [0.15, 0.2) is 0 Å². The Labute approximate surface area is 95.6 Å². The van der Waals surface area contributed by atoms with E-state index in [0.717, 1.165) is 5.56 Å². The molecular weight excluding hydrogens is 212 g/mol. The van der Waals surface area contributed by atoms with Gasteiger partial charge in [-0.2, -0.15) is 0 Å². The minimum absolute atomic E-state index is 0.0950. The second-order valence-electron chi connectivity index (χ2n) is 4.09. The van der Waals surface area contributed by atoms with Crippen molar-refractivity contribution in [2.75, 3.05) is 7.11 Å². The molecule has 1 aromatic heterocycles. The zero-order valence-corrected chi connectivity index (χ0v) is 10.1. The highest BCUT2D eigenvalue weighted by Gasteiger charge is 2.26. The van der Waals surface area contributed by atoms with E-state index < -0.39 is 0 Å². The molecule has 1 atom stereocenters. The number of rotatable bonds is 4. The summed E-state index contributed by atoms with van der Waals surface area (Å²) in [5, 5.41) is 0.653. The number of nitrogens with zero attached hydrogens (tertiary/aromatic N) is 1. The maximum atomic E-state index is 6.06. The predicted molar refractivity (Wildman–Crippen MR) is 62.0 cm³/mol. The number of pyridine rings is 1. The number of halogens is 1. The van der Waals surface area contributed by atoms with Crippen LogP contribution in [0.15, 0.2) is 18.5 Å². The van der Waals surface area contributed by atoms with Crippen LogP contribution in [0.1, 0.15) is 19.4 Å². The Morgan fingerprint density at radius 3 is 2.80 bits per heavy atom. The first-order valence-electron chi connectivity index (χ1n) is 4.86. The van der Waals surface area contributed by atoms with Crippen LogP contribution >= 0.6 is 11.6 Å². The Hall–Kier alpha value is -0.640. The monoisotopic (exact) mass is 228 g/mol. The molecule has 4 heteroatoms. The summed E-state index contributed by atoms with van der Waals surface area (Å²) in [6.07, 6.45) is 4.03. The lowest BCUT2D eigenvalue weighted by Gasteiger charge is -2.30. The molecule has 1 aromatic rings. The number of methoxy groups -OCH3 is 1. The average Bonchev–Trinajstić information content (AvgIpc) is 2.21. The van der Waals surface area contributed by atoms with Crippen molar-refractivity contribution in [3.8, 4) is 0 Å². The summed E-state index contributed by atoms with van der Waals surface area (Å²) in [5.41, 5.74) is 6.71. The van der Waals surface area contributed by atoms with Crippen molar-refractivity contribution in [2.24, 2.45) is 5.73 Å². The third-order valence-electron chi connectivity index (χ3n) is 2.72. The molecule has 0 aliphatic heterocycles. The van der Waals surface area contributed by atoms with Gasteiger partial charge in [0.05, 0.1) is 10.6 Å². The van der Waals surface area contributed by atoms with E-state index in [-0.39, 0.29) is 11.6 Å². The smallest absolute Gasteiger partial charge is 0.0776 e. The zero-order valence-electron chi connectivity index (χ0n) is 9.33. The minimum atomic E-state index is -0.355. The molecule has 0 saturated heterocycles. The van der Waals surface area contributed by atoms with Crippen molar-refractivity contribution < 1.29 is 4.74 Å². The Balaban J connectivity index is 2.75. The largest absolute Gasteiger partial charge is 0.377 e. The first-order chi connectivity index (χ1) is 6.97.